The van der Waals surface area contributed by atoms with Crippen LogP contribution in [0.15, 0.2) is 12.1 Å². The molecular weight excluding hydrogens is 184 g/mol. The van der Waals surface area contributed by atoms with Gasteiger partial charge in [-0.15, -0.1) is 0 Å². The molecule has 0 saturated heterocycles. The predicted molar refractivity (Wildman–Crippen MR) is 53.4 cm³/mol. The molecule has 0 spiro atoms. The highest BCUT2D eigenvalue weighted by Crippen LogP contribution is 2.21. The maximum Gasteiger partial charge on any atom is 0.127 e. The van der Waals surface area contributed by atoms with Crippen molar-refractivity contribution in [3.8, 4) is 0 Å². The Morgan fingerprint density at radius 2 is 1.93 bits per heavy atom. The van der Waals surface area contributed by atoms with E-state index in [2.05, 4.69) is 5.32 Å². The summed E-state index contributed by atoms with van der Waals surface area (Å²) in [4.78, 5) is 0. The molecule has 14 heavy (non-hydrogen) atoms. The number of rotatable bonds is 3. The van der Waals surface area contributed by atoms with Crippen molar-refractivity contribution in [1.82, 2.24) is 5.32 Å². The first-order valence-electron chi connectivity index (χ1n) is 4.66. The van der Waals surface area contributed by atoms with E-state index in [-0.39, 0.29) is 17.6 Å². The first-order valence-corrected chi connectivity index (χ1v) is 4.66. The molecule has 0 saturated carbocycles. The number of likely N-dealkylation sites (N-methyl/N-ethyl adjacent to an activating group) is 1. The summed E-state index contributed by atoms with van der Waals surface area (Å²) in [6.45, 7) is 4.06. The van der Waals surface area contributed by atoms with Gasteiger partial charge in [0.25, 0.3) is 0 Å². The Hall–Kier alpha value is -0.960. The fourth-order valence-corrected chi connectivity index (χ4v) is 1.46. The second-order valence-electron chi connectivity index (χ2n) is 3.58. The molecule has 0 aliphatic rings. The number of benzene rings is 1. The van der Waals surface area contributed by atoms with Crippen LogP contribution >= 0.6 is 0 Å². The molecule has 3 heteroatoms. The van der Waals surface area contributed by atoms with Crippen LogP contribution in [0.3, 0.4) is 0 Å². The molecule has 1 unspecified atom stereocenters. The summed E-state index contributed by atoms with van der Waals surface area (Å²) in [6.07, 6.45) is 0. The highest BCUT2D eigenvalue weighted by molar-refractivity contribution is 5.27. The third kappa shape index (κ3) is 2.29. The number of aryl methyl sites for hydroxylation is 1. The van der Waals surface area contributed by atoms with E-state index >= 15 is 0 Å². The van der Waals surface area contributed by atoms with E-state index in [0.717, 1.165) is 0 Å². The van der Waals surface area contributed by atoms with Gasteiger partial charge in [0.15, 0.2) is 0 Å². The van der Waals surface area contributed by atoms with Crippen molar-refractivity contribution in [2.24, 2.45) is 0 Å². The second kappa shape index (κ2) is 4.51. The quantitative estimate of drug-likeness (QED) is 0.789. The fourth-order valence-electron chi connectivity index (χ4n) is 1.46. The lowest BCUT2D eigenvalue weighted by molar-refractivity contribution is 0.555. The van der Waals surface area contributed by atoms with Crippen LogP contribution in [0.2, 0.25) is 0 Å². The highest BCUT2D eigenvalue weighted by atomic mass is 19.1. The maximum atomic E-state index is 13.4. The summed E-state index contributed by atoms with van der Waals surface area (Å²) in [7, 11) is 1.79. The molecule has 1 N–H and O–H groups in total. The monoisotopic (exact) mass is 199 g/mol. The van der Waals surface area contributed by atoms with Crippen molar-refractivity contribution >= 4 is 0 Å². The number of halogens is 2. The molecule has 0 bridgehead atoms. The molecule has 0 heterocycles. The van der Waals surface area contributed by atoms with Gasteiger partial charge >= 0.3 is 0 Å². The van der Waals surface area contributed by atoms with Crippen molar-refractivity contribution in [3.63, 3.8) is 0 Å². The standard InChI is InChI=1S/C11H15F2N/c1-7-4-11(13)9(5-10(7)12)8(2)6-14-3/h4-5,8,14H,6H2,1-3H3. The average Bonchev–Trinajstić information content (AvgIpc) is 2.11. The van der Waals surface area contributed by atoms with Gasteiger partial charge in [0.2, 0.25) is 0 Å². The van der Waals surface area contributed by atoms with Crippen LogP contribution in [0.1, 0.15) is 24.0 Å². The lowest BCUT2D eigenvalue weighted by atomic mass is 9.99. The molecule has 1 nitrogen and oxygen atoms in total. The van der Waals surface area contributed by atoms with Crippen LogP contribution < -0.4 is 5.32 Å². The molecule has 0 radical (unpaired) electrons. The van der Waals surface area contributed by atoms with E-state index in [4.69, 9.17) is 0 Å². The SMILES string of the molecule is CNCC(C)c1cc(F)c(C)cc1F. The summed E-state index contributed by atoms with van der Waals surface area (Å²) in [5.41, 5.74) is 0.783. The van der Waals surface area contributed by atoms with Crippen molar-refractivity contribution in [1.29, 1.82) is 0 Å². The third-order valence-corrected chi connectivity index (χ3v) is 2.32. The minimum absolute atomic E-state index is 0.0184. The van der Waals surface area contributed by atoms with E-state index in [0.29, 0.717) is 17.7 Å². The predicted octanol–water partition coefficient (Wildman–Crippen LogP) is 2.60. The van der Waals surface area contributed by atoms with Crippen molar-refractivity contribution in [2.45, 2.75) is 19.8 Å². The van der Waals surface area contributed by atoms with E-state index in [9.17, 15) is 8.78 Å². The van der Waals surface area contributed by atoms with E-state index in [1.165, 1.54) is 12.1 Å². The van der Waals surface area contributed by atoms with E-state index < -0.39 is 0 Å². The Morgan fingerprint density at radius 1 is 1.29 bits per heavy atom. The zero-order valence-corrected chi connectivity index (χ0v) is 8.70. The normalized spacial score (nSPS) is 12.9. The smallest absolute Gasteiger partial charge is 0.127 e. The molecule has 0 aromatic heterocycles. The summed E-state index contributed by atoms with van der Waals surface area (Å²) in [6, 6.07) is 2.53. The zero-order chi connectivity index (χ0) is 10.7. The van der Waals surface area contributed by atoms with Gasteiger partial charge in [-0.2, -0.15) is 0 Å². The Labute approximate surface area is 83.1 Å². The Morgan fingerprint density at radius 3 is 2.50 bits per heavy atom. The molecule has 0 fully saturated rings. The largest absolute Gasteiger partial charge is 0.319 e. The van der Waals surface area contributed by atoms with Crippen molar-refractivity contribution < 1.29 is 8.78 Å². The fraction of sp³-hybridized carbons (Fsp3) is 0.455. The van der Waals surface area contributed by atoms with Gasteiger partial charge in [0.1, 0.15) is 11.6 Å². The maximum absolute atomic E-state index is 13.4. The summed E-state index contributed by atoms with van der Waals surface area (Å²) >= 11 is 0. The molecule has 0 amide bonds. The molecule has 1 aromatic rings. The van der Waals surface area contributed by atoms with Gasteiger partial charge in [0, 0.05) is 6.54 Å². The average molecular weight is 199 g/mol. The molecule has 78 valence electrons. The summed E-state index contributed by atoms with van der Waals surface area (Å²) < 4.78 is 26.6. The summed E-state index contributed by atoms with van der Waals surface area (Å²) in [5, 5.41) is 2.94. The Kier molecular flexibility index (Phi) is 3.58. The van der Waals surface area contributed by atoms with E-state index in [1.54, 1.807) is 14.0 Å². The van der Waals surface area contributed by atoms with Crippen molar-refractivity contribution in [2.75, 3.05) is 13.6 Å². The zero-order valence-electron chi connectivity index (χ0n) is 8.70. The van der Waals surface area contributed by atoms with Gasteiger partial charge in [-0.3, -0.25) is 0 Å². The molecule has 1 rings (SSSR count). The molecule has 1 atom stereocenters. The Bertz CT molecular complexity index is 323. The first kappa shape index (κ1) is 11.1. The van der Waals surface area contributed by atoms with Crippen LogP contribution in [-0.4, -0.2) is 13.6 Å². The molecule has 1 aromatic carbocycles. The lowest BCUT2D eigenvalue weighted by Crippen LogP contribution is -2.16. The van der Waals surface area contributed by atoms with Gasteiger partial charge in [-0.1, -0.05) is 6.92 Å². The van der Waals surface area contributed by atoms with Crippen LogP contribution in [0.25, 0.3) is 0 Å². The van der Waals surface area contributed by atoms with Gasteiger partial charge in [0.05, 0.1) is 0 Å². The highest BCUT2D eigenvalue weighted by Gasteiger charge is 2.12. The molecule has 0 aliphatic carbocycles. The second-order valence-corrected chi connectivity index (χ2v) is 3.58. The van der Waals surface area contributed by atoms with Crippen LogP contribution in [0.4, 0.5) is 8.78 Å². The lowest BCUT2D eigenvalue weighted by Gasteiger charge is -2.13. The topological polar surface area (TPSA) is 12.0 Å². The van der Waals surface area contributed by atoms with Crippen LogP contribution in [0.5, 0.6) is 0 Å². The van der Waals surface area contributed by atoms with E-state index in [1.807, 2.05) is 6.92 Å². The van der Waals surface area contributed by atoms with Gasteiger partial charge in [-0.05, 0) is 43.1 Å². The molecule has 0 aliphatic heterocycles. The molecular formula is C11H15F2N. The van der Waals surface area contributed by atoms with Crippen molar-refractivity contribution in [3.05, 3.63) is 34.9 Å². The Balaban J connectivity index is 3.02. The first-order chi connectivity index (χ1) is 6.56. The van der Waals surface area contributed by atoms with Crippen LogP contribution in [0, 0.1) is 18.6 Å². The van der Waals surface area contributed by atoms with Gasteiger partial charge < -0.3 is 5.32 Å². The summed E-state index contributed by atoms with van der Waals surface area (Å²) in [5.74, 6) is -0.689. The van der Waals surface area contributed by atoms with Crippen LogP contribution in [-0.2, 0) is 0 Å². The minimum atomic E-state index is -0.343. The third-order valence-electron chi connectivity index (χ3n) is 2.32. The number of nitrogens with one attached hydrogen (secondary N) is 1. The number of hydrogen-bond donors (Lipinski definition) is 1. The van der Waals surface area contributed by atoms with Gasteiger partial charge in [-0.25, -0.2) is 8.78 Å². The minimum Gasteiger partial charge on any atom is -0.319 e. The number of hydrogen-bond acceptors (Lipinski definition) is 1.